The summed E-state index contributed by atoms with van der Waals surface area (Å²) in [6, 6.07) is 7.63. The Labute approximate surface area is 102 Å². The van der Waals surface area contributed by atoms with Crippen LogP contribution in [0.3, 0.4) is 0 Å². The molecule has 1 aromatic carbocycles. The molecule has 0 aromatic heterocycles. The van der Waals surface area contributed by atoms with Crippen molar-refractivity contribution >= 4 is 5.91 Å². The van der Waals surface area contributed by atoms with Gasteiger partial charge < -0.3 is 15.8 Å². The van der Waals surface area contributed by atoms with Gasteiger partial charge in [-0.2, -0.15) is 0 Å². The van der Waals surface area contributed by atoms with Gasteiger partial charge in [0.25, 0.3) is 5.91 Å². The quantitative estimate of drug-likeness (QED) is 0.730. The molecule has 4 heteroatoms. The monoisotopic (exact) mass is 236 g/mol. The Morgan fingerprint density at radius 2 is 2.06 bits per heavy atom. The summed E-state index contributed by atoms with van der Waals surface area (Å²) in [4.78, 5) is 11.6. The molecule has 1 unspecified atom stereocenters. The molecule has 1 rings (SSSR count). The minimum Gasteiger partial charge on any atom is -0.481 e. The first kappa shape index (κ1) is 13.5. The van der Waals surface area contributed by atoms with Crippen LogP contribution in [0.5, 0.6) is 5.75 Å². The van der Waals surface area contributed by atoms with Gasteiger partial charge in [0.1, 0.15) is 5.75 Å². The van der Waals surface area contributed by atoms with E-state index in [0.29, 0.717) is 18.8 Å². The molecule has 0 aliphatic carbocycles. The number of carbonyl (C=O) groups excluding carboxylic acids is 1. The first-order valence-corrected chi connectivity index (χ1v) is 5.84. The smallest absolute Gasteiger partial charge is 0.260 e. The highest BCUT2D eigenvalue weighted by atomic mass is 16.5. The second kappa shape index (κ2) is 6.91. The summed E-state index contributed by atoms with van der Waals surface area (Å²) >= 11 is 0. The molecule has 1 aromatic rings. The fraction of sp³-hybridized carbons (Fsp3) is 0.462. The van der Waals surface area contributed by atoms with E-state index in [1.807, 2.05) is 31.2 Å². The number of hydrogen-bond donors (Lipinski definition) is 2. The van der Waals surface area contributed by atoms with Crippen molar-refractivity contribution in [3.8, 4) is 5.75 Å². The van der Waals surface area contributed by atoms with Crippen LogP contribution in [0.15, 0.2) is 24.3 Å². The van der Waals surface area contributed by atoms with Crippen molar-refractivity contribution in [1.82, 2.24) is 5.32 Å². The van der Waals surface area contributed by atoms with Gasteiger partial charge in [-0.25, -0.2) is 0 Å². The molecule has 1 atom stereocenters. The Balaban J connectivity index is 2.40. The van der Waals surface area contributed by atoms with Crippen molar-refractivity contribution in [3.63, 3.8) is 0 Å². The number of carbonyl (C=O) groups is 1. The largest absolute Gasteiger partial charge is 0.481 e. The Kier molecular flexibility index (Phi) is 5.49. The number of nitrogens with one attached hydrogen (secondary N) is 1. The van der Waals surface area contributed by atoms with E-state index in [1.54, 1.807) is 6.92 Å². The lowest BCUT2D eigenvalue weighted by atomic mass is 10.2. The minimum atomic E-state index is -0.490. The molecule has 0 saturated carbocycles. The van der Waals surface area contributed by atoms with Crippen LogP contribution in [-0.4, -0.2) is 25.1 Å². The van der Waals surface area contributed by atoms with E-state index < -0.39 is 6.10 Å². The second-order valence-electron chi connectivity index (χ2n) is 4.01. The fourth-order valence-electron chi connectivity index (χ4n) is 1.33. The number of ether oxygens (including phenoxy) is 1. The Bertz CT molecular complexity index is 349. The molecule has 3 N–H and O–H groups in total. The van der Waals surface area contributed by atoms with Crippen molar-refractivity contribution in [2.45, 2.75) is 26.4 Å². The molecule has 4 nitrogen and oxygen atoms in total. The first-order chi connectivity index (χ1) is 8.13. The van der Waals surface area contributed by atoms with E-state index in [-0.39, 0.29) is 5.91 Å². The summed E-state index contributed by atoms with van der Waals surface area (Å²) in [5.74, 6) is 0.594. The van der Waals surface area contributed by atoms with Crippen molar-refractivity contribution in [1.29, 1.82) is 0 Å². The van der Waals surface area contributed by atoms with Gasteiger partial charge in [-0.3, -0.25) is 4.79 Å². The standard InChI is InChI=1S/C13H20N2O2/c1-10-4-6-12(7-5-10)17-11(2)13(16)15-9-3-8-14/h4-7,11H,3,8-9,14H2,1-2H3,(H,15,16). The maximum atomic E-state index is 11.6. The fourth-order valence-corrected chi connectivity index (χ4v) is 1.33. The lowest BCUT2D eigenvalue weighted by Gasteiger charge is -2.14. The zero-order chi connectivity index (χ0) is 12.7. The molecular weight excluding hydrogens is 216 g/mol. The summed E-state index contributed by atoms with van der Waals surface area (Å²) in [6.45, 7) is 4.91. The molecule has 0 saturated heterocycles. The van der Waals surface area contributed by atoms with Crippen LogP contribution in [0.1, 0.15) is 18.9 Å². The average molecular weight is 236 g/mol. The SMILES string of the molecule is Cc1ccc(OC(C)C(=O)NCCCN)cc1. The van der Waals surface area contributed by atoms with Crippen molar-refractivity contribution in [3.05, 3.63) is 29.8 Å². The predicted molar refractivity (Wildman–Crippen MR) is 68.0 cm³/mol. The van der Waals surface area contributed by atoms with Gasteiger partial charge in [-0.05, 0) is 38.9 Å². The third-order valence-corrected chi connectivity index (χ3v) is 2.38. The molecule has 17 heavy (non-hydrogen) atoms. The van der Waals surface area contributed by atoms with Crippen LogP contribution in [0.2, 0.25) is 0 Å². The Hall–Kier alpha value is -1.55. The van der Waals surface area contributed by atoms with Gasteiger partial charge in [0.15, 0.2) is 6.10 Å². The first-order valence-electron chi connectivity index (χ1n) is 5.84. The number of benzene rings is 1. The van der Waals surface area contributed by atoms with E-state index in [0.717, 1.165) is 12.0 Å². The zero-order valence-electron chi connectivity index (χ0n) is 10.4. The van der Waals surface area contributed by atoms with Crippen molar-refractivity contribution in [2.75, 3.05) is 13.1 Å². The van der Waals surface area contributed by atoms with Crippen molar-refractivity contribution < 1.29 is 9.53 Å². The van der Waals surface area contributed by atoms with Gasteiger partial charge in [-0.15, -0.1) is 0 Å². The molecule has 0 radical (unpaired) electrons. The van der Waals surface area contributed by atoms with Crippen LogP contribution in [0.25, 0.3) is 0 Å². The minimum absolute atomic E-state index is 0.112. The summed E-state index contributed by atoms with van der Waals surface area (Å²) in [7, 11) is 0. The van der Waals surface area contributed by atoms with E-state index in [4.69, 9.17) is 10.5 Å². The third-order valence-electron chi connectivity index (χ3n) is 2.38. The molecule has 0 aliphatic rings. The maximum absolute atomic E-state index is 11.6. The molecular formula is C13H20N2O2. The number of nitrogens with two attached hydrogens (primary N) is 1. The average Bonchev–Trinajstić information content (AvgIpc) is 2.32. The lowest BCUT2D eigenvalue weighted by molar-refractivity contribution is -0.127. The summed E-state index contributed by atoms with van der Waals surface area (Å²) < 4.78 is 5.52. The van der Waals surface area contributed by atoms with E-state index in [9.17, 15) is 4.79 Å². The lowest BCUT2D eigenvalue weighted by Crippen LogP contribution is -2.37. The summed E-state index contributed by atoms with van der Waals surface area (Å²) in [5.41, 5.74) is 6.51. The molecule has 0 heterocycles. The molecule has 0 bridgehead atoms. The number of hydrogen-bond acceptors (Lipinski definition) is 3. The van der Waals surface area contributed by atoms with Gasteiger partial charge in [0, 0.05) is 6.54 Å². The van der Waals surface area contributed by atoms with Gasteiger partial charge in [-0.1, -0.05) is 17.7 Å². The topological polar surface area (TPSA) is 64.3 Å². The molecule has 0 fully saturated rings. The van der Waals surface area contributed by atoms with Crippen LogP contribution < -0.4 is 15.8 Å². The number of aryl methyl sites for hydroxylation is 1. The molecule has 94 valence electrons. The van der Waals surface area contributed by atoms with Crippen LogP contribution >= 0.6 is 0 Å². The maximum Gasteiger partial charge on any atom is 0.260 e. The van der Waals surface area contributed by atoms with Crippen LogP contribution in [0.4, 0.5) is 0 Å². The van der Waals surface area contributed by atoms with E-state index in [1.165, 1.54) is 0 Å². The molecule has 1 amide bonds. The highest BCUT2D eigenvalue weighted by molar-refractivity contribution is 5.80. The van der Waals surface area contributed by atoms with Crippen molar-refractivity contribution in [2.24, 2.45) is 5.73 Å². The van der Waals surface area contributed by atoms with Crippen LogP contribution in [0, 0.1) is 6.92 Å². The molecule has 0 spiro atoms. The van der Waals surface area contributed by atoms with Gasteiger partial charge in [0.05, 0.1) is 0 Å². The highest BCUT2D eigenvalue weighted by Crippen LogP contribution is 2.13. The Morgan fingerprint density at radius 1 is 1.41 bits per heavy atom. The normalized spacial score (nSPS) is 11.9. The summed E-state index contributed by atoms with van der Waals surface area (Å²) in [5, 5.41) is 2.77. The number of rotatable bonds is 6. The van der Waals surface area contributed by atoms with Gasteiger partial charge >= 0.3 is 0 Å². The zero-order valence-corrected chi connectivity index (χ0v) is 10.4. The number of amides is 1. The third kappa shape index (κ3) is 4.87. The van der Waals surface area contributed by atoms with E-state index in [2.05, 4.69) is 5.32 Å². The second-order valence-corrected chi connectivity index (χ2v) is 4.01. The van der Waals surface area contributed by atoms with Crippen LogP contribution in [-0.2, 0) is 4.79 Å². The molecule has 0 aliphatic heterocycles. The predicted octanol–water partition coefficient (Wildman–Crippen LogP) is 1.23. The summed E-state index contributed by atoms with van der Waals surface area (Å²) in [6.07, 6.45) is 0.290. The van der Waals surface area contributed by atoms with Gasteiger partial charge in [0.2, 0.25) is 0 Å². The highest BCUT2D eigenvalue weighted by Gasteiger charge is 2.13. The van der Waals surface area contributed by atoms with E-state index >= 15 is 0 Å². The Morgan fingerprint density at radius 3 is 2.65 bits per heavy atom.